The Morgan fingerprint density at radius 3 is 2.60 bits per heavy atom. The topological polar surface area (TPSA) is 43.8 Å². The van der Waals surface area contributed by atoms with Gasteiger partial charge in [-0.25, -0.2) is 4.98 Å². The number of hydrogen-bond donors (Lipinski definition) is 1. The van der Waals surface area contributed by atoms with E-state index in [4.69, 9.17) is 5.73 Å². The highest BCUT2D eigenvalue weighted by Gasteiger charge is 2.06. The van der Waals surface area contributed by atoms with Gasteiger partial charge in [-0.1, -0.05) is 0 Å². The van der Waals surface area contributed by atoms with Crippen molar-refractivity contribution < 1.29 is 0 Å². The molecule has 0 unspecified atom stereocenters. The van der Waals surface area contributed by atoms with Crippen molar-refractivity contribution in [2.45, 2.75) is 25.9 Å². The molecule has 0 aliphatic heterocycles. The molecule has 3 heteroatoms. The Morgan fingerprint density at radius 1 is 1.50 bits per heavy atom. The fourth-order valence-electron chi connectivity index (χ4n) is 0.782. The predicted octanol–water partition coefficient (Wildman–Crippen LogP) is 0.791. The van der Waals surface area contributed by atoms with Gasteiger partial charge in [0, 0.05) is 24.5 Å². The van der Waals surface area contributed by atoms with Crippen LogP contribution in [0.15, 0.2) is 18.7 Å². The first-order valence-corrected chi connectivity index (χ1v) is 3.45. The van der Waals surface area contributed by atoms with Crippen molar-refractivity contribution in [1.29, 1.82) is 0 Å². The molecular formula is C7H13N3. The first-order valence-electron chi connectivity index (χ1n) is 3.45. The van der Waals surface area contributed by atoms with Crippen LogP contribution >= 0.6 is 0 Å². The van der Waals surface area contributed by atoms with Crippen molar-refractivity contribution in [3.63, 3.8) is 0 Å². The van der Waals surface area contributed by atoms with Crippen molar-refractivity contribution >= 4 is 0 Å². The maximum Gasteiger partial charge on any atom is 0.0948 e. The average Bonchev–Trinajstić information content (AvgIpc) is 2.36. The lowest BCUT2D eigenvalue weighted by molar-refractivity contribution is 0.465. The van der Waals surface area contributed by atoms with Crippen molar-refractivity contribution in [1.82, 2.24) is 9.55 Å². The van der Waals surface area contributed by atoms with Crippen LogP contribution in [0.4, 0.5) is 0 Å². The Labute approximate surface area is 60.9 Å². The monoisotopic (exact) mass is 139 g/mol. The number of rotatable bonds is 2. The van der Waals surface area contributed by atoms with Gasteiger partial charge in [0.15, 0.2) is 0 Å². The van der Waals surface area contributed by atoms with Gasteiger partial charge in [-0.05, 0) is 13.8 Å². The zero-order valence-corrected chi connectivity index (χ0v) is 6.36. The van der Waals surface area contributed by atoms with Gasteiger partial charge in [0.05, 0.1) is 6.33 Å². The van der Waals surface area contributed by atoms with Crippen LogP contribution in [-0.4, -0.2) is 15.6 Å². The molecule has 1 aromatic heterocycles. The number of nitrogens with two attached hydrogens (primary N) is 1. The van der Waals surface area contributed by atoms with Crippen LogP contribution in [0.5, 0.6) is 0 Å². The van der Waals surface area contributed by atoms with E-state index in [2.05, 4.69) is 11.9 Å². The Hall–Kier alpha value is -0.830. The minimum absolute atomic E-state index is 0.175. The van der Waals surface area contributed by atoms with Gasteiger partial charge in [0.2, 0.25) is 0 Å². The molecular weight excluding hydrogens is 126 g/mol. The summed E-state index contributed by atoms with van der Waals surface area (Å²) < 4.78 is 2.00. The molecule has 3 nitrogen and oxygen atoms in total. The molecule has 10 heavy (non-hydrogen) atoms. The first-order chi connectivity index (χ1) is 4.72. The molecule has 2 atom stereocenters. The smallest absolute Gasteiger partial charge is 0.0948 e. The zero-order valence-electron chi connectivity index (χ0n) is 6.36. The standard InChI is InChI=1S/C7H13N3/c1-6(8)7(2)10-4-3-9-5-10/h3-7H,8H2,1-2H3/t6-,7+/m0/s1. The third kappa shape index (κ3) is 1.36. The number of aromatic nitrogens is 2. The molecule has 0 aliphatic rings. The van der Waals surface area contributed by atoms with Crippen LogP contribution in [0.2, 0.25) is 0 Å². The summed E-state index contributed by atoms with van der Waals surface area (Å²) in [5.41, 5.74) is 5.68. The summed E-state index contributed by atoms with van der Waals surface area (Å²) in [6.07, 6.45) is 5.47. The molecule has 0 saturated heterocycles. The normalized spacial score (nSPS) is 16.7. The van der Waals surface area contributed by atoms with E-state index < -0.39 is 0 Å². The molecule has 56 valence electrons. The van der Waals surface area contributed by atoms with Crippen LogP contribution < -0.4 is 5.73 Å². The molecule has 0 spiro atoms. The molecule has 0 radical (unpaired) electrons. The van der Waals surface area contributed by atoms with E-state index in [1.165, 1.54) is 0 Å². The minimum Gasteiger partial charge on any atom is -0.333 e. The lowest BCUT2D eigenvalue weighted by Gasteiger charge is -2.16. The summed E-state index contributed by atoms with van der Waals surface area (Å²) in [7, 11) is 0. The van der Waals surface area contributed by atoms with Crippen LogP contribution in [0.3, 0.4) is 0 Å². The highest BCUT2D eigenvalue weighted by molar-refractivity contribution is 4.81. The summed E-state index contributed by atoms with van der Waals surface area (Å²) in [5, 5.41) is 0. The van der Waals surface area contributed by atoms with Gasteiger partial charge in [-0.15, -0.1) is 0 Å². The second-order valence-corrected chi connectivity index (χ2v) is 2.61. The highest BCUT2D eigenvalue weighted by atomic mass is 15.1. The van der Waals surface area contributed by atoms with Crippen molar-refractivity contribution in [3.05, 3.63) is 18.7 Å². The van der Waals surface area contributed by atoms with Crippen molar-refractivity contribution in [3.8, 4) is 0 Å². The summed E-state index contributed by atoms with van der Waals surface area (Å²) in [5.74, 6) is 0. The molecule has 0 amide bonds. The molecule has 1 rings (SSSR count). The largest absolute Gasteiger partial charge is 0.333 e. The van der Waals surface area contributed by atoms with Crippen molar-refractivity contribution in [2.24, 2.45) is 5.73 Å². The van der Waals surface area contributed by atoms with Gasteiger partial charge in [0.1, 0.15) is 0 Å². The van der Waals surface area contributed by atoms with Crippen LogP contribution in [-0.2, 0) is 0 Å². The van der Waals surface area contributed by atoms with E-state index in [1.54, 1.807) is 12.5 Å². The molecule has 1 heterocycles. The van der Waals surface area contributed by atoms with Crippen LogP contribution in [0, 0.1) is 0 Å². The summed E-state index contributed by atoms with van der Waals surface area (Å²) in [6.45, 7) is 4.07. The van der Waals surface area contributed by atoms with Crippen molar-refractivity contribution in [2.75, 3.05) is 0 Å². The van der Waals surface area contributed by atoms with Crippen LogP contribution in [0.1, 0.15) is 19.9 Å². The van der Waals surface area contributed by atoms with Gasteiger partial charge in [-0.2, -0.15) is 0 Å². The molecule has 0 saturated carbocycles. The second kappa shape index (κ2) is 2.84. The Balaban J connectivity index is 2.68. The van der Waals surface area contributed by atoms with E-state index in [1.807, 2.05) is 17.7 Å². The molecule has 0 bridgehead atoms. The third-order valence-corrected chi connectivity index (χ3v) is 1.76. The number of imidazole rings is 1. The van der Waals surface area contributed by atoms with E-state index >= 15 is 0 Å². The Morgan fingerprint density at radius 2 is 2.20 bits per heavy atom. The number of nitrogens with zero attached hydrogens (tertiary/aromatic N) is 2. The van der Waals surface area contributed by atoms with Gasteiger partial charge in [0.25, 0.3) is 0 Å². The Bertz CT molecular complexity index is 179. The lowest BCUT2D eigenvalue weighted by Crippen LogP contribution is -2.26. The average molecular weight is 139 g/mol. The summed E-state index contributed by atoms with van der Waals surface area (Å²) >= 11 is 0. The first kappa shape index (κ1) is 7.28. The predicted molar refractivity (Wildman–Crippen MR) is 40.6 cm³/mol. The molecule has 0 fully saturated rings. The van der Waals surface area contributed by atoms with Gasteiger partial charge < -0.3 is 10.3 Å². The van der Waals surface area contributed by atoms with Gasteiger partial charge in [-0.3, -0.25) is 0 Å². The molecule has 1 aromatic rings. The minimum atomic E-state index is 0.175. The Kier molecular flexibility index (Phi) is 2.06. The van der Waals surface area contributed by atoms with E-state index in [0.717, 1.165) is 0 Å². The van der Waals surface area contributed by atoms with Gasteiger partial charge >= 0.3 is 0 Å². The number of hydrogen-bond acceptors (Lipinski definition) is 2. The maximum absolute atomic E-state index is 5.68. The summed E-state index contributed by atoms with van der Waals surface area (Å²) in [4.78, 5) is 3.93. The fraction of sp³-hybridized carbons (Fsp3) is 0.571. The molecule has 0 aromatic carbocycles. The zero-order chi connectivity index (χ0) is 7.56. The van der Waals surface area contributed by atoms with E-state index in [0.29, 0.717) is 6.04 Å². The fourth-order valence-corrected chi connectivity index (χ4v) is 0.782. The van der Waals surface area contributed by atoms with Crippen LogP contribution in [0.25, 0.3) is 0 Å². The van der Waals surface area contributed by atoms with E-state index in [-0.39, 0.29) is 6.04 Å². The molecule has 0 aliphatic carbocycles. The SMILES string of the molecule is C[C@H](N)[C@@H](C)n1ccnc1. The van der Waals surface area contributed by atoms with E-state index in [9.17, 15) is 0 Å². The second-order valence-electron chi connectivity index (χ2n) is 2.61. The maximum atomic E-state index is 5.68. The third-order valence-electron chi connectivity index (χ3n) is 1.76. The highest BCUT2D eigenvalue weighted by Crippen LogP contribution is 2.06. The lowest BCUT2D eigenvalue weighted by atomic mass is 10.2. The molecule has 2 N–H and O–H groups in total. The summed E-state index contributed by atoms with van der Waals surface area (Å²) in [6, 6.07) is 0.511. The quantitative estimate of drug-likeness (QED) is 0.658.